The molecule has 0 radical (unpaired) electrons. The predicted octanol–water partition coefficient (Wildman–Crippen LogP) is 1.94. The van der Waals surface area contributed by atoms with Gasteiger partial charge < -0.3 is 15.2 Å². The summed E-state index contributed by atoms with van der Waals surface area (Å²) in [7, 11) is 1.54. The number of hydrogen-bond acceptors (Lipinski definition) is 4. The van der Waals surface area contributed by atoms with E-state index < -0.39 is 0 Å². The molecule has 1 aliphatic heterocycles. The van der Waals surface area contributed by atoms with Crippen molar-refractivity contribution in [2.24, 2.45) is 5.73 Å². The monoisotopic (exact) mass is 282 g/mol. The van der Waals surface area contributed by atoms with Gasteiger partial charge in [0.25, 0.3) is 0 Å². The molecule has 2 rings (SSSR count). The van der Waals surface area contributed by atoms with Crippen molar-refractivity contribution in [3.8, 4) is 5.75 Å². The zero-order valence-corrected chi connectivity index (χ0v) is 12.1. The fourth-order valence-electron chi connectivity index (χ4n) is 2.60. The van der Waals surface area contributed by atoms with Gasteiger partial charge in [-0.1, -0.05) is 6.07 Å². The van der Waals surface area contributed by atoms with E-state index in [-0.39, 0.29) is 11.9 Å². The van der Waals surface area contributed by atoms with Crippen LogP contribution >= 0.6 is 0 Å². The lowest BCUT2D eigenvalue weighted by Crippen LogP contribution is -2.44. The Morgan fingerprint density at radius 1 is 1.55 bits per heavy atom. The highest BCUT2D eigenvalue weighted by Crippen LogP contribution is 2.28. The van der Waals surface area contributed by atoms with E-state index in [2.05, 4.69) is 11.8 Å². The summed E-state index contributed by atoms with van der Waals surface area (Å²) in [5, 5.41) is 0. The fourth-order valence-corrected chi connectivity index (χ4v) is 2.60. The second kappa shape index (κ2) is 7.02. The van der Waals surface area contributed by atoms with Gasteiger partial charge in [-0.25, -0.2) is 4.39 Å². The molecule has 2 N–H and O–H groups in total. The highest BCUT2D eigenvalue weighted by atomic mass is 19.1. The SMILES string of the molecule is COc1cccc(F)c1C(N)CCN1CCOCC1C. The molecule has 1 aromatic carbocycles. The summed E-state index contributed by atoms with van der Waals surface area (Å²) >= 11 is 0. The van der Waals surface area contributed by atoms with Crippen molar-refractivity contribution >= 4 is 0 Å². The van der Waals surface area contributed by atoms with Gasteiger partial charge in [0.1, 0.15) is 11.6 Å². The Labute approximate surface area is 119 Å². The summed E-state index contributed by atoms with van der Waals surface area (Å²) in [6.07, 6.45) is 0.696. The van der Waals surface area contributed by atoms with Gasteiger partial charge in [0, 0.05) is 30.7 Å². The molecule has 1 fully saturated rings. The van der Waals surface area contributed by atoms with Crippen molar-refractivity contribution in [3.63, 3.8) is 0 Å². The number of morpholine rings is 1. The largest absolute Gasteiger partial charge is 0.496 e. The summed E-state index contributed by atoms with van der Waals surface area (Å²) in [6, 6.07) is 4.83. The first-order valence-electron chi connectivity index (χ1n) is 7.03. The van der Waals surface area contributed by atoms with Crippen LogP contribution in [0.1, 0.15) is 24.9 Å². The van der Waals surface area contributed by atoms with E-state index >= 15 is 0 Å². The molecule has 2 atom stereocenters. The Balaban J connectivity index is 1.99. The van der Waals surface area contributed by atoms with Crippen molar-refractivity contribution < 1.29 is 13.9 Å². The van der Waals surface area contributed by atoms with E-state index in [1.54, 1.807) is 12.1 Å². The molecule has 5 heteroatoms. The molecular weight excluding hydrogens is 259 g/mol. The summed E-state index contributed by atoms with van der Waals surface area (Å²) in [6.45, 7) is 5.38. The van der Waals surface area contributed by atoms with Crippen LogP contribution in [-0.4, -0.2) is 44.4 Å². The number of methoxy groups -OCH3 is 1. The minimum absolute atomic E-state index is 0.299. The normalized spacial score (nSPS) is 21.7. The number of benzene rings is 1. The van der Waals surface area contributed by atoms with Gasteiger partial charge in [-0.15, -0.1) is 0 Å². The Kier molecular flexibility index (Phi) is 5.34. The number of rotatable bonds is 5. The molecule has 1 aromatic rings. The second-order valence-electron chi connectivity index (χ2n) is 5.21. The molecule has 0 aliphatic carbocycles. The van der Waals surface area contributed by atoms with Crippen LogP contribution in [0.4, 0.5) is 4.39 Å². The van der Waals surface area contributed by atoms with Crippen LogP contribution in [0, 0.1) is 5.82 Å². The van der Waals surface area contributed by atoms with E-state index in [1.165, 1.54) is 13.2 Å². The van der Waals surface area contributed by atoms with E-state index in [0.717, 1.165) is 26.3 Å². The summed E-state index contributed by atoms with van der Waals surface area (Å²) in [5.74, 6) is 0.222. The lowest BCUT2D eigenvalue weighted by atomic mass is 10.0. The van der Waals surface area contributed by atoms with E-state index in [1.807, 2.05) is 0 Å². The van der Waals surface area contributed by atoms with Crippen LogP contribution in [-0.2, 0) is 4.74 Å². The molecular formula is C15H23FN2O2. The third-order valence-electron chi connectivity index (χ3n) is 3.84. The second-order valence-corrected chi connectivity index (χ2v) is 5.21. The fraction of sp³-hybridized carbons (Fsp3) is 0.600. The molecule has 1 aliphatic rings. The number of halogens is 1. The molecule has 0 saturated carbocycles. The van der Waals surface area contributed by atoms with Gasteiger partial charge in [0.05, 0.1) is 20.3 Å². The Bertz CT molecular complexity index is 442. The molecule has 0 bridgehead atoms. The van der Waals surface area contributed by atoms with Crippen molar-refractivity contribution in [3.05, 3.63) is 29.6 Å². The van der Waals surface area contributed by atoms with Crippen LogP contribution in [0.25, 0.3) is 0 Å². The molecule has 0 amide bonds. The highest BCUT2D eigenvalue weighted by molar-refractivity contribution is 5.37. The minimum Gasteiger partial charge on any atom is -0.496 e. The Hall–Kier alpha value is -1.17. The summed E-state index contributed by atoms with van der Waals surface area (Å²) < 4.78 is 24.5. The van der Waals surface area contributed by atoms with Crippen LogP contribution in [0.15, 0.2) is 18.2 Å². The van der Waals surface area contributed by atoms with Crippen molar-refractivity contribution in [1.29, 1.82) is 0 Å². The van der Waals surface area contributed by atoms with E-state index in [4.69, 9.17) is 15.2 Å². The average Bonchev–Trinajstić information content (AvgIpc) is 2.45. The lowest BCUT2D eigenvalue weighted by molar-refractivity contribution is -0.00145. The first kappa shape index (κ1) is 15.2. The van der Waals surface area contributed by atoms with Gasteiger partial charge in [-0.05, 0) is 25.5 Å². The smallest absolute Gasteiger partial charge is 0.131 e. The Morgan fingerprint density at radius 2 is 2.35 bits per heavy atom. The first-order valence-corrected chi connectivity index (χ1v) is 7.03. The van der Waals surface area contributed by atoms with E-state index in [0.29, 0.717) is 23.8 Å². The number of nitrogens with zero attached hydrogens (tertiary/aromatic N) is 1. The van der Waals surface area contributed by atoms with Crippen molar-refractivity contribution in [1.82, 2.24) is 4.90 Å². The van der Waals surface area contributed by atoms with Gasteiger partial charge in [0.15, 0.2) is 0 Å². The highest BCUT2D eigenvalue weighted by Gasteiger charge is 2.21. The summed E-state index contributed by atoms with van der Waals surface area (Å²) in [5.41, 5.74) is 6.63. The third kappa shape index (κ3) is 3.48. The average molecular weight is 282 g/mol. The Morgan fingerprint density at radius 3 is 3.05 bits per heavy atom. The van der Waals surface area contributed by atoms with Crippen molar-refractivity contribution in [2.75, 3.05) is 33.4 Å². The molecule has 2 unspecified atom stereocenters. The third-order valence-corrected chi connectivity index (χ3v) is 3.84. The number of ether oxygens (including phenoxy) is 2. The van der Waals surface area contributed by atoms with Crippen LogP contribution in [0.3, 0.4) is 0 Å². The summed E-state index contributed by atoms with van der Waals surface area (Å²) in [4.78, 5) is 2.33. The lowest BCUT2D eigenvalue weighted by Gasteiger charge is -2.33. The van der Waals surface area contributed by atoms with Crippen LogP contribution in [0.2, 0.25) is 0 Å². The molecule has 1 heterocycles. The molecule has 112 valence electrons. The quantitative estimate of drug-likeness (QED) is 0.896. The van der Waals surface area contributed by atoms with Crippen LogP contribution in [0.5, 0.6) is 5.75 Å². The topological polar surface area (TPSA) is 47.7 Å². The standard InChI is InChI=1S/C15H23FN2O2/c1-11-10-20-9-8-18(11)7-6-13(17)15-12(16)4-3-5-14(15)19-2/h3-5,11,13H,6-10,17H2,1-2H3. The molecule has 20 heavy (non-hydrogen) atoms. The maximum absolute atomic E-state index is 13.9. The van der Waals surface area contributed by atoms with Crippen LogP contribution < -0.4 is 10.5 Å². The van der Waals surface area contributed by atoms with Gasteiger partial charge in [-0.3, -0.25) is 4.90 Å². The number of nitrogens with two attached hydrogens (primary N) is 1. The van der Waals surface area contributed by atoms with Gasteiger partial charge in [-0.2, -0.15) is 0 Å². The molecule has 0 aromatic heterocycles. The predicted molar refractivity (Wildman–Crippen MR) is 76.4 cm³/mol. The zero-order chi connectivity index (χ0) is 14.5. The molecule has 4 nitrogen and oxygen atoms in total. The molecule has 0 spiro atoms. The molecule has 1 saturated heterocycles. The maximum Gasteiger partial charge on any atom is 0.131 e. The zero-order valence-electron chi connectivity index (χ0n) is 12.1. The first-order chi connectivity index (χ1) is 9.63. The number of hydrogen-bond donors (Lipinski definition) is 1. The van der Waals surface area contributed by atoms with Gasteiger partial charge in [0.2, 0.25) is 0 Å². The minimum atomic E-state index is -0.360. The van der Waals surface area contributed by atoms with Gasteiger partial charge >= 0.3 is 0 Å². The van der Waals surface area contributed by atoms with Crippen molar-refractivity contribution in [2.45, 2.75) is 25.4 Å². The maximum atomic E-state index is 13.9. The van der Waals surface area contributed by atoms with E-state index in [9.17, 15) is 4.39 Å².